The number of hydrogen-bond donors (Lipinski definition) is 1. The Morgan fingerprint density at radius 2 is 1.78 bits per heavy atom. The maximum atomic E-state index is 13.8. The van der Waals surface area contributed by atoms with Crippen LogP contribution in [-0.4, -0.2) is 33.4 Å². The zero-order chi connectivity index (χ0) is 30.1. The highest BCUT2D eigenvalue weighted by molar-refractivity contribution is 9.10. The quantitative estimate of drug-likeness (QED) is 0.124. The smallest absolute Gasteiger partial charge is 0.416 e. The van der Waals surface area contributed by atoms with Crippen LogP contribution in [0.1, 0.15) is 11.1 Å². The van der Waals surface area contributed by atoms with Crippen LogP contribution in [0.4, 0.5) is 38.1 Å². The molecule has 0 aliphatic carbocycles. The van der Waals surface area contributed by atoms with E-state index in [1.54, 1.807) is 0 Å². The van der Waals surface area contributed by atoms with Gasteiger partial charge in [0.2, 0.25) is 11.7 Å². The summed E-state index contributed by atoms with van der Waals surface area (Å²) in [6.45, 7) is -0.735. The lowest BCUT2D eigenvalue weighted by atomic mass is 10.1. The fourth-order valence-electron chi connectivity index (χ4n) is 3.44. The van der Waals surface area contributed by atoms with Crippen LogP contribution in [0.3, 0.4) is 0 Å². The van der Waals surface area contributed by atoms with Gasteiger partial charge in [-0.1, -0.05) is 6.07 Å². The number of rotatable bonds is 7. The van der Waals surface area contributed by atoms with Gasteiger partial charge < -0.3 is 10.1 Å². The van der Waals surface area contributed by atoms with Crippen LogP contribution < -0.4 is 10.1 Å². The van der Waals surface area contributed by atoms with Gasteiger partial charge in [0, 0.05) is 12.1 Å². The number of carbonyl (C=O) groups excluding carboxylic acids is 3. The molecule has 4 rings (SSSR count). The second-order valence-corrected chi connectivity index (χ2v) is 10.0. The molecular formula is C25H13BrF5N3O6S. The molecule has 212 valence electrons. The molecule has 41 heavy (non-hydrogen) atoms. The minimum absolute atomic E-state index is 0.00260. The van der Waals surface area contributed by atoms with Gasteiger partial charge in [0.1, 0.15) is 23.9 Å². The largest absolute Gasteiger partial charge is 0.449 e. The minimum Gasteiger partial charge on any atom is -0.449 e. The summed E-state index contributed by atoms with van der Waals surface area (Å²) in [7, 11) is 0. The first-order chi connectivity index (χ1) is 19.2. The number of halogens is 6. The van der Waals surface area contributed by atoms with Gasteiger partial charge in [0.25, 0.3) is 11.1 Å². The molecule has 0 bridgehead atoms. The zero-order valence-corrected chi connectivity index (χ0v) is 22.4. The number of nitro groups is 1. The number of alkyl halides is 3. The molecule has 1 heterocycles. The number of nitro benzene ring substituents is 1. The van der Waals surface area contributed by atoms with Crippen LogP contribution in [0.2, 0.25) is 0 Å². The summed E-state index contributed by atoms with van der Waals surface area (Å²) in [5.41, 5.74) is -2.11. The van der Waals surface area contributed by atoms with Crippen LogP contribution in [0.15, 0.2) is 64.0 Å². The molecule has 0 aromatic heterocycles. The van der Waals surface area contributed by atoms with Crippen molar-refractivity contribution in [2.45, 2.75) is 6.18 Å². The molecule has 0 unspecified atom stereocenters. The zero-order valence-electron chi connectivity index (χ0n) is 20.0. The van der Waals surface area contributed by atoms with E-state index in [1.165, 1.54) is 24.3 Å². The average molecular weight is 658 g/mol. The van der Waals surface area contributed by atoms with Crippen molar-refractivity contribution in [1.82, 2.24) is 4.90 Å². The number of thioether (sulfide) groups is 1. The molecule has 0 spiro atoms. The fraction of sp³-hybridized carbons (Fsp3) is 0.0800. The SMILES string of the molecule is O=C(CN1C(=O)S/C(=C/c2ccc(Oc3ccc(C(F)(F)F)cc3[N+](=O)[O-])c(Br)c2)C1=O)Nc1ccc(F)cc1F. The summed E-state index contributed by atoms with van der Waals surface area (Å²) < 4.78 is 71.3. The maximum absolute atomic E-state index is 13.8. The number of imide groups is 1. The monoisotopic (exact) mass is 657 g/mol. The predicted octanol–water partition coefficient (Wildman–Crippen LogP) is 7.12. The Labute approximate surface area is 239 Å². The molecule has 1 N–H and O–H groups in total. The fourth-order valence-corrected chi connectivity index (χ4v) is 4.76. The average Bonchev–Trinajstić information content (AvgIpc) is 3.14. The molecule has 0 radical (unpaired) electrons. The van der Waals surface area contributed by atoms with E-state index in [2.05, 4.69) is 21.2 Å². The number of nitrogens with zero attached hydrogens (tertiary/aromatic N) is 2. The van der Waals surface area contributed by atoms with Gasteiger partial charge in [-0.25, -0.2) is 8.78 Å². The minimum atomic E-state index is -4.80. The van der Waals surface area contributed by atoms with Crippen LogP contribution in [0, 0.1) is 21.7 Å². The Bertz CT molecular complexity index is 1630. The van der Waals surface area contributed by atoms with Gasteiger partial charge in [0.15, 0.2) is 0 Å². The van der Waals surface area contributed by atoms with E-state index >= 15 is 0 Å². The highest BCUT2D eigenvalue weighted by atomic mass is 79.9. The van der Waals surface area contributed by atoms with E-state index in [0.29, 0.717) is 40.4 Å². The molecule has 9 nitrogen and oxygen atoms in total. The molecule has 3 amide bonds. The van der Waals surface area contributed by atoms with Crippen molar-refractivity contribution in [3.63, 3.8) is 0 Å². The number of nitrogens with one attached hydrogen (secondary N) is 1. The topological polar surface area (TPSA) is 119 Å². The van der Waals surface area contributed by atoms with E-state index in [9.17, 15) is 46.5 Å². The lowest BCUT2D eigenvalue weighted by Crippen LogP contribution is -2.36. The Morgan fingerprint density at radius 3 is 2.41 bits per heavy atom. The third-order valence-electron chi connectivity index (χ3n) is 5.34. The first kappa shape index (κ1) is 29.7. The molecule has 1 aliphatic rings. The molecular weight excluding hydrogens is 645 g/mol. The van der Waals surface area contributed by atoms with Crippen molar-refractivity contribution < 1.29 is 46.0 Å². The lowest BCUT2D eigenvalue weighted by Gasteiger charge is -2.13. The molecule has 1 saturated heterocycles. The second kappa shape index (κ2) is 11.7. The van der Waals surface area contributed by atoms with Crippen molar-refractivity contribution in [1.29, 1.82) is 0 Å². The molecule has 3 aromatic carbocycles. The molecule has 1 aliphatic heterocycles. The van der Waals surface area contributed by atoms with Crippen LogP contribution in [-0.2, 0) is 15.8 Å². The van der Waals surface area contributed by atoms with Gasteiger partial charge in [-0.3, -0.25) is 29.4 Å². The number of carbonyl (C=O) groups is 3. The first-order valence-corrected chi connectivity index (χ1v) is 12.7. The summed E-state index contributed by atoms with van der Waals surface area (Å²) in [6.07, 6.45) is -3.48. The van der Waals surface area contributed by atoms with E-state index in [-0.39, 0.29) is 20.8 Å². The normalized spacial score (nSPS) is 14.5. The summed E-state index contributed by atoms with van der Waals surface area (Å²) in [4.78, 5) is 48.2. The number of ether oxygens (including phenoxy) is 1. The summed E-state index contributed by atoms with van der Waals surface area (Å²) in [5.74, 6) is -4.06. The van der Waals surface area contributed by atoms with Gasteiger partial charge in [-0.2, -0.15) is 13.2 Å². The molecule has 0 saturated carbocycles. The first-order valence-electron chi connectivity index (χ1n) is 11.1. The van der Waals surface area contributed by atoms with Crippen LogP contribution >= 0.6 is 27.7 Å². The van der Waals surface area contributed by atoms with Crippen LogP contribution in [0.25, 0.3) is 6.08 Å². The third-order valence-corrected chi connectivity index (χ3v) is 6.86. The molecule has 0 atom stereocenters. The van der Waals surface area contributed by atoms with E-state index in [0.717, 1.165) is 18.2 Å². The maximum Gasteiger partial charge on any atom is 0.416 e. The molecule has 16 heteroatoms. The van der Waals surface area contributed by atoms with Crippen molar-refractivity contribution in [3.8, 4) is 11.5 Å². The van der Waals surface area contributed by atoms with Crippen molar-refractivity contribution >= 4 is 62.2 Å². The number of benzene rings is 3. The highest BCUT2D eigenvalue weighted by Gasteiger charge is 2.37. The molecule has 1 fully saturated rings. The number of anilines is 1. The van der Waals surface area contributed by atoms with E-state index in [4.69, 9.17) is 4.74 Å². The summed E-state index contributed by atoms with van der Waals surface area (Å²) in [6, 6.07) is 8.42. The Morgan fingerprint density at radius 1 is 1.07 bits per heavy atom. The second-order valence-electron chi connectivity index (χ2n) is 8.17. The molecule has 3 aromatic rings. The van der Waals surface area contributed by atoms with Crippen molar-refractivity contribution in [2.75, 3.05) is 11.9 Å². The van der Waals surface area contributed by atoms with Crippen LogP contribution in [0.5, 0.6) is 11.5 Å². The predicted molar refractivity (Wildman–Crippen MR) is 140 cm³/mol. The summed E-state index contributed by atoms with van der Waals surface area (Å²) >= 11 is 3.73. The van der Waals surface area contributed by atoms with Gasteiger partial charge in [-0.15, -0.1) is 0 Å². The third kappa shape index (κ3) is 6.89. The lowest BCUT2D eigenvalue weighted by molar-refractivity contribution is -0.385. The van der Waals surface area contributed by atoms with Gasteiger partial charge >= 0.3 is 11.9 Å². The Hall–Kier alpha value is -4.31. The Balaban J connectivity index is 1.48. The van der Waals surface area contributed by atoms with Gasteiger partial charge in [-0.05, 0) is 75.7 Å². The highest BCUT2D eigenvalue weighted by Crippen LogP contribution is 2.40. The number of hydrogen-bond acceptors (Lipinski definition) is 7. The van der Waals surface area contributed by atoms with E-state index < -0.39 is 63.3 Å². The van der Waals surface area contributed by atoms with Crippen molar-refractivity contribution in [2.24, 2.45) is 0 Å². The van der Waals surface area contributed by atoms with Gasteiger partial charge in [0.05, 0.1) is 25.6 Å². The van der Waals surface area contributed by atoms with E-state index in [1.807, 2.05) is 0 Å². The standard InChI is InChI=1S/C25H13BrF5N3O6S/c26-15-7-12(1-5-19(15)40-20-6-2-13(25(29,30)31)9-18(20)34(38)39)8-21-23(36)33(24(37)41-21)11-22(35)32-17-4-3-14(27)10-16(17)28/h1-10H,11H2,(H,32,35)/b21-8+. The van der Waals surface area contributed by atoms with Crippen molar-refractivity contribution in [3.05, 3.63) is 96.9 Å². The Kier molecular flexibility index (Phi) is 8.44. The number of amides is 3. The summed E-state index contributed by atoms with van der Waals surface area (Å²) in [5, 5.41) is 12.7.